The van der Waals surface area contributed by atoms with Gasteiger partial charge in [-0.1, -0.05) is 60.7 Å². The Kier molecular flexibility index (Phi) is 7.95. The van der Waals surface area contributed by atoms with Gasteiger partial charge in [0.05, 0.1) is 5.38 Å². The van der Waals surface area contributed by atoms with Crippen LogP contribution in [0.15, 0.2) is 60.7 Å². The fourth-order valence-corrected chi connectivity index (χ4v) is 2.26. The van der Waals surface area contributed by atoms with Gasteiger partial charge in [-0.05, 0) is 37.4 Å². The van der Waals surface area contributed by atoms with E-state index < -0.39 is 0 Å². The molecule has 2 aromatic carbocycles. The average Bonchev–Trinajstić information content (AvgIpc) is 2.51. The van der Waals surface area contributed by atoms with Crippen LogP contribution < -0.4 is 5.73 Å². The quantitative estimate of drug-likeness (QED) is 0.795. The van der Waals surface area contributed by atoms with Crippen molar-refractivity contribution in [2.24, 2.45) is 5.73 Å². The Bertz CT molecular complexity index is 428. The van der Waals surface area contributed by atoms with E-state index in [0.717, 1.165) is 19.3 Å². The smallest absolute Gasteiger partial charge is 0.0585 e. The van der Waals surface area contributed by atoms with Gasteiger partial charge < -0.3 is 5.73 Å². The second-order valence-electron chi connectivity index (χ2n) is 4.26. The van der Waals surface area contributed by atoms with Crippen molar-refractivity contribution in [1.29, 1.82) is 0 Å². The van der Waals surface area contributed by atoms with Crippen molar-refractivity contribution >= 4 is 11.6 Å². The summed E-state index contributed by atoms with van der Waals surface area (Å²) in [4.78, 5) is 0. The molecule has 0 aliphatic rings. The summed E-state index contributed by atoms with van der Waals surface area (Å²) in [5, 5.41) is 0.139. The molecular formula is C17H22ClN. The third-order valence-corrected chi connectivity index (χ3v) is 3.40. The number of benzene rings is 2. The molecule has 1 atom stereocenters. The SMILES string of the molecule is CN.ClC(CCCc1ccccc1)c1ccccc1. The van der Waals surface area contributed by atoms with Gasteiger partial charge >= 0.3 is 0 Å². The summed E-state index contributed by atoms with van der Waals surface area (Å²) in [6.07, 6.45) is 3.27. The molecule has 0 aromatic heterocycles. The highest BCUT2D eigenvalue weighted by Crippen LogP contribution is 2.25. The fraction of sp³-hybridized carbons (Fsp3) is 0.294. The lowest BCUT2D eigenvalue weighted by Crippen LogP contribution is -1.92. The van der Waals surface area contributed by atoms with Crippen LogP contribution >= 0.6 is 11.6 Å². The molecular weight excluding hydrogens is 254 g/mol. The van der Waals surface area contributed by atoms with E-state index in [1.54, 1.807) is 0 Å². The maximum Gasteiger partial charge on any atom is 0.0585 e. The third kappa shape index (κ3) is 5.91. The van der Waals surface area contributed by atoms with Crippen molar-refractivity contribution in [2.75, 3.05) is 7.05 Å². The van der Waals surface area contributed by atoms with E-state index in [4.69, 9.17) is 11.6 Å². The number of nitrogens with two attached hydrogens (primary N) is 1. The highest BCUT2D eigenvalue weighted by molar-refractivity contribution is 6.20. The largest absolute Gasteiger partial charge is 0.333 e. The van der Waals surface area contributed by atoms with Crippen LogP contribution in [-0.4, -0.2) is 7.05 Å². The van der Waals surface area contributed by atoms with Gasteiger partial charge in [0.2, 0.25) is 0 Å². The number of rotatable bonds is 5. The van der Waals surface area contributed by atoms with Crippen molar-refractivity contribution < 1.29 is 0 Å². The summed E-state index contributed by atoms with van der Waals surface area (Å²) >= 11 is 6.37. The van der Waals surface area contributed by atoms with E-state index in [0.29, 0.717) is 0 Å². The van der Waals surface area contributed by atoms with E-state index in [2.05, 4.69) is 48.2 Å². The van der Waals surface area contributed by atoms with Crippen LogP contribution in [0, 0.1) is 0 Å². The third-order valence-electron chi connectivity index (χ3n) is 2.93. The molecule has 2 rings (SSSR count). The van der Waals surface area contributed by atoms with Gasteiger partial charge in [0.25, 0.3) is 0 Å². The van der Waals surface area contributed by atoms with Crippen molar-refractivity contribution in [1.82, 2.24) is 0 Å². The molecule has 0 fully saturated rings. The molecule has 0 heterocycles. The molecule has 1 nitrogen and oxygen atoms in total. The fourth-order valence-electron chi connectivity index (χ4n) is 1.96. The van der Waals surface area contributed by atoms with E-state index in [1.807, 2.05) is 18.2 Å². The Morgan fingerprint density at radius 1 is 0.895 bits per heavy atom. The normalized spacial score (nSPS) is 11.3. The van der Waals surface area contributed by atoms with E-state index in [-0.39, 0.29) is 5.38 Å². The molecule has 2 N–H and O–H groups in total. The Hall–Kier alpha value is -1.31. The van der Waals surface area contributed by atoms with Crippen LogP contribution in [-0.2, 0) is 6.42 Å². The molecule has 0 spiro atoms. The number of halogens is 1. The summed E-state index contributed by atoms with van der Waals surface area (Å²) in [5.41, 5.74) is 7.12. The van der Waals surface area contributed by atoms with Gasteiger partial charge in [-0.2, -0.15) is 0 Å². The molecule has 0 radical (unpaired) electrons. The monoisotopic (exact) mass is 275 g/mol. The lowest BCUT2D eigenvalue weighted by Gasteiger charge is -2.09. The summed E-state index contributed by atoms with van der Waals surface area (Å²) < 4.78 is 0. The van der Waals surface area contributed by atoms with Crippen molar-refractivity contribution in [3.8, 4) is 0 Å². The number of hydrogen-bond donors (Lipinski definition) is 1. The zero-order valence-corrected chi connectivity index (χ0v) is 12.2. The van der Waals surface area contributed by atoms with Gasteiger partial charge in [0, 0.05) is 0 Å². The maximum atomic E-state index is 6.37. The van der Waals surface area contributed by atoms with Gasteiger partial charge in [-0.25, -0.2) is 0 Å². The minimum atomic E-state index is 0.139. The van der Waals surface area contributed by atoms with Crippen LogP contribution in [0.3, 0.4) is 0 Å². The van der Waals surface area contributed by atoms with Crippen LogP contribution in [0.5, 0.6) is 0 Å². The molecule has 2 heteroatoms. The first-order chi connectivity index (χ1) is 9.36. The minimum Gasteiger partial charge on any atom is -0.333 e. The van der Waals surface area contributed by atoms with Gasteiger partial charge in [-0.15, -0.1) is 11.6 Å². The maximum absolute atomic E-state index is 6.37. The second kappa shape index (κ2) is 9.60. The van der Waals surface area contributed by atoms with Crippen LogP contribution in [0.2, 0.25) is 0 Å². The predicted octanol–water partition coefficient (Wildman–Crippen LogP) is 4.56. The topological polar surface area (TPSA) is 26.0 Å². The zero-order chi connectivity index (χ0) is 13.9. The number of hydrogen-bond acceptors (Lipinski definition) is 1. The van der Waals surface area contributed by atoms with Gasteiger partial charge in [0.1, 0.15) is 0 Å². The van der Waals surface area contributed by atoms with Crippen LogP contribution in [0.4, 0.5) is 0 Å². The molecule has 0 bridgehead atoms. The molecule has 19 heavy (non-hydrogen) atoms. The Morgan fingerprint density at radius 3 is 2.00 bits per heavy atom. The average molecular weight is 276 g/mol. The first-order valence-corrected chi connectivity index (χ1v) is 7.10. The van der Waals surface area contributed by atoms with Crippen molar-refractivity contribution in [3.05, 3.63) is 71.8 Å². The first-order valence-electron chi connectivity index (χ1n) is 6.67. The molecule has 0 aliphatic heterocycles. The second-order valence-corrected chi connectivity index (χ2v) is 4.78. The van der Waals surface area contributed by atoms with E-state index >= 15 is 0 Å². The molecule has 2 aromatic rings. The first kappa shape index (κ1) is 15.7. The van der Waals surface area contributed by atoms with Crippen molar-refractivity contribution in [3.63, 3.8) is 0 Å². The highest BCUT2D eigenvalue weighted by atomic mass is 35.5. The van der Waals surface area contributed by atoms with E-state index in [9.17, 15) is 0 Å². The standard InChI is InChI=1S/C16H17Cl.CH5N/c17-16(15-11-5-2-6-12-15)13-7-10-14-8-3-1-4-9-14;1-2/h1-6,8-9,11-12,16H,7,10,13H2;2H2,1H3. The molecule has 0 saturated heterocycles. The number of aryl methyl sites for hydroxylation is 1. The Morgan fingerprint density at radius 2 is 1.42 bits per heavy atom. The van der Waals surface area contributed by atoms with Crippen LogP contribution in [0.25, 0.3) is 0 Å². The molecule has 1 unspecified atom stereocenters. The summed E-state index contributed by atoms with van der Waals surface area (Å²) in [5.74, 6) is 0. The minimum absolute atomic E-state index is 0.139. The molecule has 0 saturated carbocycles. The predicted molar refractivity (Wildman–Crippen MR) is 84.5 cm³/mol. The summed E-state index contributed by atoms with van der Waals surface area (Å²) in [6, 6.07) is 20.9. The lowest BCUT2D eigenvalue weighted by atomic mass is 10.0. The van der Waals surface area contributed by atoms with Crippen LogP contribution in [0.1, 0.15) is 29.3 Å². The molecule has 0 aliphatic carbocycles. The number of alkyl halides is 1. The van der Waals surface area contributed by atoms with Gasteiger partial charge in [0.15, 0.2) is 0 Å². The summed E-state index contributed by atoms with van der Waals surface area (Å²) in [6.45, 7) is 0. The lowest BCUT2D eigenvalue weighted by molar-refractivity contribution is 0.716. The van der Waals surface area contributed by atoms with Crippen molar-refractivity contribution in [2.45, 2.75) is 24.6 Å². The molecule has 0 amide bonds. The molecule has 102 valence electrons. The zero-order valence-electron chi connectivity index (χ0n) is 11.4. The van der Waals surface area contributed by atoms with Gasteiger partial charge in [-0.3, -0.25) is 0 Å². The summed E-state index contributed by atoms with van der Waals surface area (Å²) in [7, 11) is 1.50. The van der Waals surface area contributed by atoms with E-state index in [1.165, 1.54) is 18.2 Å². The Balaban J connectivity index is 0.000000861. The highest BCUT2D eigenvalue weighted by Gasteiger charge is 2.06. The Labute approximate surface area is 121 Å².